The number of anilines is 2. The van der Waals surface area contributed by atoms with Gasteiger partial charge >= 0.3 is 5.97 Å². The molecular weight excluding hydrogens is 362 g/mol. The first-order valence-corrected chi connectivity index (χ1v) is 9.74. The number of thiazole rings is 1. The van der Waals surface area contributed by atoms with Crippen LogP contribution in [0.3, 0.4) is 0 Å². The van der Waals surface area contributed by atoms with Crippen LogP contribution < -0.4 is 10.2 Å². The van der Waals surface area contributed by atoms with Crippen molar-refractivity contribution in [1.82, 2.24) is 4.98 Å². The van der Waals surface area contributed by atoms with E-state index in [9.17, 15) is 9.59 Å². The molecule has 0 spiro atoms. The molecule has 2 aliphatic heterocycles. The highest BCUT2D eigenvalue weighted by Crippen LogP contribution is 2.37. The van der Waals surface area contributed by atoms with Crippen LogP contribution in [0.4, 0.5) is 11.4 Å². The molecule has 5 rings (SSSR count). The van der Waals surface area contributed by atoms with E-state index in [1.807, 2.05) is 30.3 Å². The second-order valence-corrected chi connectivity index (χ2v) is 7.84. The van der Waals surface area contributed by atoms with Crippen LogP contribution in [0.15, 0.2) is 42.5 Å². The van der Waals surface area contributed by atoms with E-state index >= 15 is 0 Å². The van der Waals surface area contributed by atoms with E-state index in [4.69, 9.17) is 4.74 Å². The van der Waals surface area contributed by atoms with Gasteiger partial charge < -0.3 is 15.0 Å². The Kier molecular flexibility index (Phi) is 3.82. The summed E-state index contributed by atoms with van der Waals surface area (Å²) >= 11 is 1.52. The standard InChI is InChI=1S/C20H17N3O3S/c24-19-16-5-3-9-23(16)15-8-7-12(10-14(15)22-19)20(25)26-11-18-21-13-4-1-2-6-17(13)27-18/h1-2,4,6-8,10,16H,3,5,9,11H2,(H,22,24)/t16-/m1/s1. The summed E-state index contributed by atoms with van der Waals surface area (Å²) in [5, 5.41) is 3.68. The normalized spacial score (nSPS) is 18.1. The fourth-order valence-electron chi connectivity index (χ4n) is 3.75. The molecular formula is C20H17N3O3S. The molecule has 0 radical (unpaired) electrons. The lowest BCUT2D eigenvalue weighted by Crippen LogP contribution is -2.43. The number of carbonyl (C=O) groups excluding carboxylic acids is 2. The van der Waals surface area contributed by atoms with Gasteiger partial charge in [-0.25, -0.2) is 9.78 Å². The summed E-state index contributed by atoms with van der Waals surface area (Å²) in [6, 6.07) is 13.1. The van der Waals surface area contributed by atoms with Crippen LogP contribution in [-0.4, -0.2) is 29.4 Å². The number of nitrogens with zero attached hydrogens (tertiary/aromatic N) is 2. The van der Waals surface area contributed by atoms with Crippen LogP contribution in [0.25, 0.3) is 10.2 Å². The van der Waals surface area contributed by atoms with Gasteiger partial charge in [0.25, 0.3) is 0 Å². The lowest BCUT2D eigenvalue weighted by Gasteiger charge is -2.33. The Bertz CT molecular complexity index is 1030. The Labute approximate surface area is 159 Å². The number of amides is 1. The van der Waals surface area contributed by atoms with Crippen molar-refractivity contribution >= 4 is 44.8 Å². The maximum atomic E-state index is 12.5. The van der Waals surface area contributed by atoms with Crippen molar-refractivity contribution in [3.05, 3.63) is 53.0 Å². The fourth-order valence-corrected chi connectivity index (χ4v) is 4.63. The minimum atomic E-state index is -0.421. The average Bonchev–Trinajstić information content (AvgIpc) is 3.33. The lowest BCUT2D eigenvalue weighted by molar-refractivity contribution is -0.117. The Morgan fingerprint density at radius 1 is 1.30 bits per heavy atom. The van der Waals surface area contributed by atoms with Gasteiger partial charge in [0.15, 0.2) is 0 Å². The van der Waals surface area contributed by atoms with Crippen molar-refractivity contribution in [2.45, 2.75) is 25.5 Å². The van der Waals surface area contributed by atoms with Gasteiger partial charge in [0.1, 0.15) is 17.7 Å². The van der Waals surface area contributed by atoms with Crippen molar-refractivity contribution < 1.29 is 14.3 Å². The predicted molar refractivity (Wildman–Crippen MR) is 104 cm³/mol. The SMILES string of the molecule is O=C(OCc1nc2ccccc2s1)c1ccc2c(c1)NC(=O)[C@H]1CCCN21. The van der Waals surface area contributed by atoms with Crippen LogP contribution in [0, 0.1) is 0 Å². The first-order valence-electron chi connectivity index (χ1n) is 8.92. The summed E-state index contributed by atoms with van der Waals surface area (Å²) in [6.45, 7) is 1.00. The molecule has 136 valence electrons. The quantitative estimate of drug-likeness (QED) is 0.705. The van der Waals surface area contributed by atoms with E-state index in [0.29, 0.717) is 11.3 Å². The number of para-hydroxylation sites is 1. The number of hydrogen-bond donors (Lipinski definition) is 1. The van der Waals surface area contributed by atoms with Crippen LogP contribution in [-0.2, 0) is 16.1 Å². The Balaban J connectivity index is 1.33. The zero-order chi connectivity index (χ0) is 18.4. The molecule has 6 nitrogen and oxygen atoms in total. The number of fused-ring (bicyclic) bond motifs is 4. The Hall–Kier alpha value is -2.93. The van der Waals surface area contributed by atoms with E-state index in [1.165, 1.54) is 11.3 Å². The third-order valence-electron chi connectivity index (χ3n) is 5.02. The number of nitrogens with one attached hydrogen (secondary N) is 1. The summed E-state index contributed by atoms with van der Waals surface area (Å²) in [6.07, 6.45) is 1.88. The van der Waals surface area contributed by atoms with Gasteiger partial charge in [-0.3, -0.25) is 4.79 Å². The average molecular weight is 379 g/mol. The van der Waals surface area contributed by atoms with Crippen LogP contribution >= 0.6 is 11.3 Å². The van der Waals surface area contributed by atoms with Gasteiger partial charge in [-0.15, -0.1) is 11.3 Å². The number of carbonyl (C=O) groups is 2. The summed E-state index contributed by atoms with van der Waals surface area (Å²) < 4.78 is 6.50. The van der Waals surface area contributed by atoms with Crippen molar-refractivity contribution in [1.29, 1.82) is 0 Å². The zero-order valence-electron chi connectivity index (χ0n) is 14.5. The highest BCUT2D eigenvalue weighted by Gasteiger charge is 2.36. The third-order valence-corrected chi connectivity index (χ3v) is 6.03. The number of rotatable bonds is 3. The Morgan fingerprint density at radius 3 is 3.07 bits per heavy atom. The largest absolute Gasteiger partial charge is 0.455 e. The van der Waals surface area contributed by atoms with Gasteiger partial charge in [0.2, 0.25) is 5.91 Å². The molecule has 3 aromatic rings. The van der Waals surface area contributed by atoms with Gasteiger partial charge in [-0.05, 0) is 43.2 Å². The number of benzene rings is 2. The van der Waals surface area contributed by atoms with Crippen LogP contribution in [0.1, 0.15) is 28.2 Å². The molecule has 2 aromatic carbocycles. The number of esters is 1. The molecule has 0 aliphatic carbocycles. The van der Waals surface area contributed by atoms with E-state index in [2.05, 4.69) is 15.2 Å². The highest BCUT2D eigenvalue weighted by molar-refractivity contribution is 7.18. The molecule has 27 heavy (non-hydrogen) atoms. The maximum Gasteiger partial charge on any atom is 0.338 e. The topological polar surface area (TPSA) is 71.5 Å². The van der Waals surface area contributed by atoms with Crippen LogP contribution in [0.5, 0.6) is 0 Å². The van der Waals surface area contributed by atoms with Gasteiger partial charge in [0, 0.05) is 6.54 Å². The molecule has 0 unspecified atom stereocenters. The molecule has 1 amide bonds. The molecule has 2 aliphatic rings. The number of aromatic nitrogens is 1. The summed E-state index contributed by atoms with van der Waals surface area (Å²) in [7, 11) is 0. The van der Waals surface area contributed by atoms with Crippen molar-refractivity contribution in [2.75, 3.05) is 16.8 Å². The molecule has 3 heterocycles. The zero-order valence-corrected chi connectivity index (χ0v) is 15.3. The van der Waals surface area contributed by atoms with E-state index in [-0.39, 0.29) is 18.6 Å². The fraction of sp³-hybridized carbons (Fsp3) is 0.250. The van der Waals surface area contributed by atoms with Gasteiger partial charge in [-0.1, -0.05) is 12.1 Å². The summed E-state index contributed by atoms with van der Waals surface area (Å²) in [4.78, 5) is 31.3. The summed E-state index contributed by atoms with van der Waals surface area (Å²) in [5.41, 5.74) is 2.98. The maximum absolute atomic E-state index is 12.5. The monoisotopic (exact) mass is 379 g/mol. The first-order chi connectivity index (χ1) is 13.2. The van der Waals surface area contributed by atoms with E-state index in [0.717, 1.165) is 40.3 Å². The smallest absolute Gasteiger partial charge is 0.338 e. The van der Waals surface area contributed by atoms with Crippen LogP contribution in [0.2, 0.25) is 0 Å². The van der Waals surface area contributed by atoms with Crippen molar-refractivity contribution in [3.63, 3.8) is 0 Å². The lowest BCUT2D eigenvalue weighted by atomic mass is 10.1. The number of ether oxygens (including phenoxy) is 1. The molecule has 1 atom stereocenters. The van der Waals surface area contributed by atoms with Gasteiger partial charge in [0.05, 0.1) is 27.2 Å². The molecule has 0 saturated carbocycles. The minimum absolute atomic E-state index is 0.00000652. The van der Waals surface area contributed by atoms with E-state index in [1.54, 1.807) is 12.1 Å². The number of hydrogen-bond acceptors (Lipinski definition) is 6. The van der Waals surface area contributed by atoms with E-state index < -0.39 is 5.97 Å². The highest BCUT2D eigenvalue weighted by atomic mass is 32.1. The minimum Gasteiger partial charge on any atom is -0.455 e. The summed E-state index contributed by atoms with van der Waals surface area (Å²) in [5.74, 6) is -0.421. The second-order valence-electron chi connectivity index (χ2n) is 6.72. The van der Waals surface area contributed by atoms with Crippen molar-refractivity contribution in [3.8, 4) is 0 Å². The molecule has 0 bridgehead atoms. The molecule has 7 heteroatoms. The Morgan fingerprint density at radius 2 is 2.19 bits per heavy atom. The molecule has 1 N–H and O–H groups in total. The predicted octanol–water partition coefficient (Wildman–Crippen LogP) is 3.57. The third kappa shape index (κ3) is 2.84. The van der Waals surface area contributed by atoms with Gasteiger partial charge in [-0.2, -0.15) is 0 Å². The first kappa shape index (κ1) is 16.3. The molecule has 1 aromatic heterocycles. The van der Waals surface area contributed by atoms with Crippen molar-refractivity contribution in [2.24, 2.45) is 0 Å². The molecule has 1 fully saturated rings. The second kappa shape index (κ2) is 6.35. The molecule has 1 saturated heterocycles.